The number of nitrogens with zero attached hydrogens (tertiary/aromatic N) is 2. The van der Waals surface area contributed by atoms with E-state index >= 15 is 0 Å². The lowest BCUT2D eigenvalue weighted by molar-refractivity contribution is -0.146. The molecule has 1 fully saturated rings. The molecular weight excluding hydrogens is 519 g/mol. The molecule has 1 aromatic heterocycles. The van der Waals surface area contributed by atoms with Crippen LogP contribution in [0.25, 0.3) is 10.9 Å². The van der Waals surface area contributed by atoms with Gasteiger partial charge in [0.15, 0.2) is 0 Å². The highest BCUT2D eigenvalue weighted by Crippen LogP contribution is 2.31. The molecular formula is C28H27Cl3N2O3. The van der Waals surface area contributed by atoms with Crippen molar-refractivity contribution >= 4 is 51.7 Å². The molecule has 1 N–H and O–H groups in total. The number of benzene rings is 2. The summed E-state index contributed by atoms with van der Waals surface area (Å²) < 4.78 is 5.37. The number of hydrogen-bond donors (Lipinski definition) is 1. The topological polar surface area (TPSA) is 62.7 Å². The maximum Gasteiger partial charge on any atom is 0.308 e. The Morgan fingerprint density at radius 3 is 2.69 bits per heavy atom. The largest absolute Gasteiger partial charge is 0.497 e. The fourth-order valence-corrected chi connectivity index (χ4v) is 5.73. The third-order valence-electron chi connectivity index (χ3n) is 6.74. The molecule has 188 valence electrons. The molecule has 0 spiro atoms. The van der Waals surface area contributed by atoms with Gasteiger partial charge in [-0.05, 0) is 80.1 Å². The molecule has 2 atom stereocenters. The number of likely N-dealkylation sites (tertiary alicyclic amines) is 1. The molecule has 1 saturated heterocycles. The Hall–Kier alpha value is -2.49. The lowest BCUT2D eigenvalue weighted by atomic mass is 9.81. The van der Waals surface area contributed by atoms with E-state index < -0.39 is 11.9 Å². The zero-order valence-corrected chi connectivity index (χ0v) is 22.2. The smallest absolute Gasteiger partial charge is 0.308 e. The summed E-state index contributed by atoms with van der Waals surface area (Å²) in [5.74, 6) is 5.87. The predicted octanol–water partition coefficient (Wildman–Crippen LogP) is 6.60. The second-order valence-electron chi connectivity index (χ2n) is 9.02. The monoisotopic (exact) mass is 544 g/mol. The molecule has 2 aromatic carbocycles. The summed E-state index contributed by atoms with van der Waals surface area (Å²) in [4.78, 5) is 18.6. The minimum Gasteiger partial charge on any atom is -0.497 e. The van der Waals surface area contributed by atoms with E-state index in [1.165, 1.54) is 5.56 Å². The Kier molecular flexibility index (Phi) is 8.98. The van der Waals surface area contributed by atoms with Crippen LogP contribution in [0.4, 0.5) is 0 Å². The van der Waals surface area contributed by atoms with Gasteiger partial charge in [-0.2, -0.15) is 0 Å². The van der Waals surface area contributed by atoms with Gasteiger partial charge in [-0.1, -0.05) is 46.6 Å². The number of halogens is 3. The first kappa shape index (κ1) is 26.6. The molecule has 8 heteroatoms. The molecule has 0 radical (unpaired) electrons. The average Bonchev–Trinajstić information content (AvgIpc) is 2.85. The number of rotatable bonds is 7. The number of carboxylic acids is 1. The summed E-state index contributed by atoms with van der Waals surface area (Å²) in [6, 6.07) is 11.1. The Balaban J connectivity index is 1.35. The second kappa shape index (κ2) is 12.2. The summed E-state index contributed by atoms with van der Waals surface area (Å²) in [7, 11) is 1.66. The van der Waals surface area contributed by atoms with Gasteiger partial charge >= 0.3 is 5.97 Å². The van der Waals surface area contributed by atoms with E-state index in [1.54, 1.807) is 19.2 Å². The third-order valence-corrected chi connectivity index (χ3v) is 7.55. The Morgan fingerprint density at radius 1 is 1.19 bits per heavy atom. The zero-order valence-electron chi connectivity index (χ0n) is 19.9. The van der Waals surface area contributed by atoms with Crippen LogP contribution in [0.15, 0.2) is 42.6 Å². The van der Waals surface area contributed by atoms with E-state index in [2.05, 4.69) is 21.7 Å². The van der Waals surface area contributed by atoms with Crippen molar-refractivity contribution < 1.29 is 14.6 Å². The van der Waals surface area contributed by atoms with Crippen molar-refractivity contribution in [2.24, 2.45) is 11.8 Å². The van der Waals surface area contributed by atoms with Gasteiger partial charge < -0.3 is 9.84 Å². The van der Waals surface area contributed by atoms with Crippen molar-refractivity contribution in [3.8, 4) is 17.6 Å². The molecule has 0 bridgehead atoms. The van der Waals surface area contributed by atoms with Crippen molar-refractivity contribution in [2.75, 3.05) is 26.7 Å². The van der Waals surface area contributed by atoms with Crippen LogP contribution in [0.5, 0.6) is 5.75 Å². The number of hydrogen-bond acceptors (Lipinski definition) is 4. The van der Waals surface area contributed by atoms with Gasteiger partial charge in [0.2, 0.25) is 0 Å². The number of pyridine rings is 1. The number of methoxy groups -OCH3 is 1. The van der Waals surface area contributed by atoms with E-state index in [4.69, 9.17) is 39.5 Å². The number of aromatic nitrogens is 1. The van der Waals surface area contributed by atoms with Gasteiger partial charge in [-0.15, -0.1) is 0 Å². The average molecular weight is 546 g/mol. The normalized spacial score (nSPS) is 18.0. The Labute approximate surface area is 226 Å². The number of fused-ring (bicyclic) bond motifs is 1. The molecule has 0 saturated carbocycles. The fraction of sp³-hybridized carbons (Fsp3) is 0.357. The third kappa shape index (κ3) is 6.44. The van der Waals surface area contributed by atoms with Crippen LogP contribution in [0.1, 0.15) is 30.4 Å². The van der Waals surface area contributed by atoms with E-state index in [-0.39, 0.29) is 5.92 Å². The molecule has 0 amide bonds. The maximum absolute atomic E-state index is 12.1. The highest BCUT2D eigenvalue weighted by molar-refractivity contribution is 6.39. The Bertz CT molecular complexity index is 1300. The first-order chi connectivity index (χ1) is 17.4. The van der Waals surface area contributed by atoms with Crippen molar-refractivity contribution in [2.45, 2.75) is 25.7 Å². The van der Waals surface area contributed by atoms with Crippen LogP contribution < -0.4 is 4.74 Å². The maximum atomic E-state index is 12.1. The van der Waals surface area contributed by atoms with Crippen LogP contribution in [0.3, 0.4) is 0 Å². The molecule has 2 heterocycles. The van der Waals surface area contributed by atoms with Gasteiger partial charge in [0.05, 0.1) is 40.7 Å². The number of piperidine rings is 1. The molecule has 0 aliphatic carbocycles. The van der Waals surface area contributed by atoms with Crippen molar-refractivity contribution in [1.29, 1.82) is 0 Å². The summed E-state index contributed by atoms with van der Waals surface area (Å²) in [6.07, 6.45) is 5.30. The van der Waals surface area contributed by atoms with Crippen LogP contribution in [0.2, 0.25) is 15.1 Å². The molecule has 1 aliphatic rings. The van der Waals surface area contributed by atoms with Crippen LogP contribution in [0, 0.1) is 23.7 Å². The number of carbonyl (C=O) groups is 1. The fourth-order valence-electron chi connectivity index (χ4n) is 4.82. The van der Waals surface area contributed by atoms with E-state index in [9.17, 15) is 9.90 Å². The summed E-state index contributed by atoms with van der Waals surface area (Å²) in [5, 5.41) is 12.3. The van der Waals surface area contributed by atoms with E-state index in [0.717, 1.165) is 48.9 Å². The lowest BCUT2D eigenvalue weighted by Crippen LogP contribution is -2.44. The minimum absolute atomic E-state index is 0.134. The quantitative estimate of drug-likeness (QED) is 0.339. The second-order valence-corrected chi connectivity index (χ2v) is 10.3. The molecule has 1 aliphatic heterocycles. The van der Waals surface area contributed by atoms with E-state index in [1.807, 2.05) is 30.5 Å². The molecule has 36 heavy (non-hydrogen) atoms. The summed E-state index contributed by atoms with van der Waals surface area (Å²) >= 11 is 18.4. The van der Waals surface area contributed by atoms with Gasteiger partial charge in [-0.25, -0.2) is 0 Å². The zero-order chi connectivity index (χ0) is 25.7. The first-order valence-electron chi connectivity index (χ1n) is 11.9. The van der Waals surface area contributed by atoms with Gasteiger partial charge in [-0.3, -0.25) is 14.7 Å². The number of ether oxygens (including phenoxy) is 1. The molecule has 5 nitrogen and oxygen atoms in total. The van der Waals surface area contributed by atoms with Crippen molar-refractivity contribution in [3.63, 3.8) is 0 Å². The van der Waals surface area contributed by atoms with Crippen molar-refractivity contribution in [3.05, 3.63) is 68.8 Å². The van der Waals surface area contributed by atoms with Crippen LogP contribution in [-0.4, -0.2) is 47.7 Å². The van der Waals surface area contributed by atoms with Crippen LogP contribution in [-0.2, 0) is 11.2 Å². The number of aliphatic carboxylic acids is 1. The lowest BCUT2D eigenvalue weighted by Gasteiger charge is -2.35. The molecule has 4 rings (SSSR count). The summed E-state index contributed by atoms with van der Waals surface area (Å²) in [5.41, 5.74) is 2.68. The summed E-state index contributed by atoms with van der Waals surface area (Å²) in [6.45, 7) is 1.74. The van der Waals surface area contributed by atoms with Crippen LogP contribution >= 0.6 is 34.8 Å². The van der Waals surface area contributed by atoms with Crippen molar-refractivity contribution in [1.82, 2.24) is 9.88 Å². The first-order valence-corrected chi connectivity index (χ1v) is 13.0. The number of aryl methyl sites for hydroxylation is 1. The highest BCUT2D eigenvalue weighted by atomic mass is 35.5. The highest BCUT2D eigenvalue weighted by Gasteiger charge is 2.33. The molecule has 3 aromatic rings. The SMILES string of the molecule is COc1ccc2nccc(CCC[C@@H]3CCN(CC#Cc4c(Cl)cc(Cl)cc4Cl)C[C@@H]3C(=O)O)c2c1. The van der Waals surface area contributed by atoms with Gasteiger partial charge in [0.25, 0.3) is 0 Å². The standard InChI is InChI=1S/C28H27Cl3N2O3/c1-36-21-7-8-27-23(16-21)18(9-11-32-27)4-2-5-19-10-13-33(17-24(19)28(34)35)12-3-6-22-25(30)14-20(29)15-26(22)31/h7-9,11,14-16,19,24H,2,4-5,10,12-13,17H2,1H3,(H,34,35)/t19-,24+/m1/s1. The van der Waals surface area contributed by atoms with E-state index in [0.29, 0.717) is 33.7 Å². The number of carboxylic acid groups (broad SMARTS) is 1. The van der Waals surface area contributed by atoms with Gasteiger partial charge in [0.1, 0.15) is 5.75 Å². The predicted molar refractivity (Wildman–Crippen MR) is 145 cm³/mol. The minimum atomic E-state index is -0.749. The molecule has 0 unspecified atom stereocenters. The van der Waals surface area contributed by atoms with Gasteiger partial charge in [0, 0.05) is 23.2 Å². The Morgan fingerprint density at radius 2 is 1.97 bits per heavy atom.